The van der Waals surface area contributed by atoms with Crippen molar-refractivity contribution >= 4 is 17.5 Å². The molecule has 1 unspecified atom stereocenters. The molecular formula is C22H26FN3O4. The quantitative estimate of drug-likeness (QED) is 0.679. The number of morpholine rings is 1. The van der Waals surface area contributed by atoms with Crippen LogP contribution in [-0.2, 0) is 14.3 Å². The molecule has 0 saturated carbocycles. The Bertz CT molecular complexity index is 854. The Morgan fingerprint density at radius 3 is 2.50 bits per heavy atom. The Morgan fingerprint density at radius 2 is 1.80 bits per heavy atom. The lowest BCUT2D eigenvalue weighted by Crippen LogP contribution is -2.45. The molecule has 0 bridgehead atoms. The van der Waals surface area contributed by atoms with Crippen LogP contribution in [0.15, 0.2) is 48.5 Å². The minimum atomic E-state index is -0.776. The zero-order valence-corrected chi connectivity index (χ0v) is 16.9. The third-order valence-corrected chi connectivity index (χ3v) is 4.84. The highest BCUT2D eigenvalue weighted by Gasteiger charge is 2.25. The van der Waals surface area contributed by atoms with Gasteiger partial charge in [-0.15, -0.1) is 0 Å². The first-order valence-corrected chi connectivity index (χ1v) is 9.96. The molecule has 7 nitrogen and oxygen atoms in total. The first-order chi connectivity index (χ1) is 14.6. The summed E-state index contributed by atoms with van der Waals surface area (Å²) < 4.78 is 24.2. The summed E-state index contributed by atoms with van der Waals surface area (Å²) in [4.78, 5) is 27.0. The summed E-state index contributed by atoms with van der Waals surface area (Å²) in [6.45, 7) is 5.04. The summed E-state index contributed by atoms with van der Waals surface area (Å²) in [6, 6.07) is 12.9. The van der Waals surface area contributed by atoms with Crippen LogP contribution >= 0.6 is 0 Å². The molecule has 1 heterocycles. The molecule has 30 heavy (non-hydrogen) atoms. The van der Waals surface area contributed by atoms with Gasteiger partial charge in [0, 0.05) is 19.6 Å². The molecule has 0 aromatic heterocycles. The summed E-state index contributed by atoms with van der Waals surface area (Å²) in [5.41, 5.74) is 1.29. The maximum absolute atomic E-state index is 13.3. The predicted molar refractivity (Wildman–Crippen MR) is 111 cm³/mol. The minimum Gasteiger partial charge on any atom is -0.492 e. The van der Waals surface area contributed by atoms with Crippen LogP contribution in [0.2, 0.25) is 0 Å². The third kappa shape index (κ3) is 5.77. The van der Waals surface area contributed by atoms with Crippen molar-refractivity contribution in [2.75, 3.05) is 44.8 Å². The van der Waals surface area contributed by atoms with Crippen molar-refractivity contribution in [1.82, 2.24) is 10.2 Å². The Kier molecular flexibility index (Phi) is 7.75. The summed E-state index contributed by atoms with van der Waals surface area (Å²) in [5.74, 6) is -1.35. The summed E-state index contributed by atoms with van der Waals surface area (Å²) >= 11 is 0. The SMILES string of the molecule is CCOc1ccccc1NC(=O)C(=O)NCC(c1ccc(F)cc1)N1CCOCC1. The van der Waals surface area contributed by atoms with Gasteiger partial charge in [0.2, 0.25) is 0 Å². The number of carbonyl (C=O) groups is 2. The highest BCUT2D eigenvalue weighted by molar-refractivity contribution is 6.39. The number of halogens is 1. The Hall–Kier alpha value is -2.97. The number of para-hydroxylation sites is 2. The van der Waals surface area contributed by atoms with Crippen molar-refractivity contribution in [3.63, 3.8) is 0 Å². The number of hydrogen-bond acceptors (Lipinski definition) is 5. The number of nitrogens with one attached hydrogen (secondary N) is 2. The molecule has 1 aliphatic heterocycles. The first-order valence-electron chi connectivity index (χ1n) is 9.96. The molecule has 0 radical (unpaired) electrons. The van der Waals surface area contributed by atoms with Crippen molar-refractivity contribution in [3.8, 4) is 5.75 Å². The van der Waals surface area contributed by atoms with E-state index in [1.54, 1.807) is 36.4 Å². The van der Waals surface area contributed by atoms with Gasteiger partial charge in [0.05, 0.1) is 31.5 Å². The Labute approximate surface area is 175 Å². The van der Waals surface area contributed by atoms with Crippen LogP contribution in [0.3, 0.4) is 0 Å². The van der Waals surface area contributed by atoms with Gasteiger partial charge in [-0.05, 0) is 36.8 Å². The minimum absolute atomic E-state index is 0.193. The molecule has 0 aliphatic carbocycles. The molecule has 1 aliphatic rings. The molecule has 2 aromatic rings. The number of carbonyl (C=O) groups excluding carboxylic acids is 2. The second kappa shape index (κ2) is 10.7. The van der Waals surface area contributed by atoms with E-state index in [1.807, 2.05) is 6.92 Å². The van der Waals surface area contributed by atoms with Gasteiger partial charge < -0.3 is 20.1 Å². The Balaban J connectivity index is 1.65. The van der Waals surface area contributed by atoms with Crippen LogP contribution in [-0.4, -0.2) is 56.2 Å². The van der Waals surface area contributed by atoms with E-state index in [-0.39, 0.29) is 18.4 Å². The van der Waals surface area contributed by atoms with E-state index < -0.39 is 11.8 Å². The highest BCUT2D eigenvalue weighted by Crippen LogP contribution is 2.24. The van der Waals surface area contributed by atoms with E-state index in [1.165, 1.54) is 12.1 Å². The molecular weight excluding hydrogens is 389 g/mol. The molecule has 2 aromatic carbocycles. The van der Waals surface area contributed by atoms with Gasteiger partial charge in [0.1, 0.15) is 11.6 Å². The smallest absolute Gasteiger partial charge is 0.313 e. The van der Waals surface area contributed by atoms with Gasteiger partial charge in [-0.3, -0.25) is 14.5 Å². The third-order valence-electron chi connectivity index (χ3n) is 4.84. The van der Waals surface area contributed by atoms with E-state index in [9.17, 15) is 14.0 Å². The fourth-order valence-corrected chi connectivity index (χ4v) is 3.33. The maximum Gasteiger partial charge on any atom is 0.313 e. The van der Waals surface area contributed by atoms with E-state index in [0.717, 1.165) is 5.56 Å². The van der Waals surface area contributed by atoms with Gasteiger partial charge in [0.15, 0.2) is 0 Å². The van der Waals surface area contributed by atoms with Crippen LogP contribution in [0.1, 0.15) is 18.5 Å². The zero-order chi connectivity index (χ0) is 21.3. The second-order valence-electron chi connectivity index (χ2n) is 6.81. The molecule has 1 fully saturated rings. The fourth-order valence-electron chi connectivity index (χ4n) is 3.33. The largest absolute Gasteiger partial charge is 0.492 e. The molecule has 0 spiro atoms. The van der Waals surface area contributed by atoms with Crippen molar-refractivity contribution in [1.29, 1.82) is 0 Å². The number of benzene rings is 2. The molecule has 160 valence electrons. The number of ether oxygens (including phenoxy) is 2. The van der Waals surface area contributed by atoms with Gasteiger partial charge in [0.25, 0.3) is 0 Å². The van der Waals surface area contributed by atoms with Crippen LogP contribution < -0.4 is 15.4 Å². The summed E-state index contributed by atoms with van der Waals surface area (Å²) in [5, 5.41) is 5.28. The van der Waals surface area contributed by atoms with Crippen LogP contribution in [0.4, 0.5) is 10.1 Å². The van der Waals surface area contributed by atoms with Gasteiger partial charge in [-0.1, -0.05) is 24.3 Å². The standard InChI is InChI=1S/C22H26FN3O4/c1-2-30-20-6-4-3-5-18(20)25-22(28)21(27)24-15-19(26-11-13-29-14-12-26)16-7-9-17(23)10-8-16/h3-10,19H,2,11-15H2,1H3,(H,24,27)(H,25,28). The number of anilines is 1. The normalized spacial score (nSPS) is 15.3. The van der Waals surface area contributed by atoms with Crippen molar-refractivity contribution in [2.24, 2.45) is 0 Å². The van der Waals surface area contributed by atoms with Gasteiger partial charge in [-0.25, -0.2) is 4.39 Å². The highest BCUT2D eigenvalue weighted by atomic mass is 19.1. The van der Waals surface area contributed by atoms with E-state index in [0.29, 0.717) is 44.3 Å². The Morgan fingerprint density at radius 1 is 1.10 bits per heavy atom. The molecule has 8 heteroatoms. The van der Waals surface area contributed by atoms with Crippen molar-refractivity contribution < 1.29 is 23.5 Å². The number of nitrogens with zero attached hydrogens (tertiary/aromatic N) is 1. The average molecular weight is 415 g/mol. The molecule has 2 N–H and O–H groups in total. The van der Waals surface area contributed by atoms with Crippen molar-refractivity contribution in [2.45, 2.75) is 13.0 Å². The average Bonchev–Trinajstić information content (AvgIpc) is 2.77. The monoisotopic (exact) mass is 415 g/mol. The first kappa shape index (κ1) is 21.7. The number of amides is 2. The molecule has 3 rings (SSSR count). The van der Waals surface area contributed by atoms with Gasteiger partial charge >= 0.3 is 11.8 Å². The molecule has 1 atom stereocenters. The lowest BCUT2D eigenvalue weighted by Gasteiger charge is -2.34. The second-order valence-corrected chi connectivity index (χ2v) is 6.81. The van der Waals surface area contributed by atoms with Crippen LogP contribution in [0.5, 0.6) is 5.75 Å². The number of rotatable bonds is 7. The van der Waals surface area contributed by atoms with Gasteiger partial charge in [-0.2, -0.15) is 0 Å². The molecule has 1 saturated heterocycles. The predicted octanol–water partition coefficient (Wildman–Crippen LogP) is 2.35. The lowest BCUT2D eigenvalue weighted by atomic mass is 10.0. The van der Waals surface area contributed by atoms with Crippen LogP contribution in [0, 0.1) is 5.82 Å². The van der Waals surface area contributed by atoms with E-state index >= 15 is 0 Å². The summed E-state index contributed by atoms with van der Waals surface area (Å²) in [7, 11) is 0. The maximum atomic E-state index is 13.3. The van der Waals surface area contributed by atoms with Crippen molar-refractivity contribution in [3.05, 3.63) is 59.9 Å². The number of hydrogen-bond donors (Lipinski definition) is 2. The topological polar surface area (TPSA) is 79.9 Å². The lowest BCUT2D eigenvalue weighted by molar-refractivity contribution is -0.136. The molecule has 2 amide bonds. The van der Waals surface area contributed by atoms with E-state index in [4.69, 9.17) is 9.47 Å². The zero-order valence-electron chi connectivity index (χ0n) is 16.9. The summed E-state index contributed by atoms with van der Waals surface area (Å²) in [6.07, 6.45) is 0. The fraction of sp³-hybridized carbons (Fsp3) is 0.364. The van der Waals surface area contributed by atoms with Crippen LogP contribution in [0.25, 0.3) is 0 Å². The van der Waals surface area contributed by atoms with E-state index in [2.05, 4.69) is 15.5 Å².